The van der Waals surface area contributed by atoms with E-state index in [2.05, 4.69) is 31.4 Å². The van der Waals surface area contributed by atoms with E-state index in [0.717, 1.165) is 15.8 Å². The molecule has 1 aromatic heterocycles. The maximum Gasteiger partial charge on any atom is 0.236 e. The number of carbonyl (C=O) groups excluding carboxylic acids is 1. The second kappa shape index (κ2) is 7.27. The monoisotopic (exact) mass is 387 g/mol. The van der Waals surface area contributed by atoms with Crippen molar-refractivity contribution in [2.45, 2.75) is 6.42 Å². The van der Waals surface area contributed by atoms with E-state index in [9.17, 15) is 4.79 Å². The molecule has 2 aromatic carbocycles. The molecule has 0 aliphatic carbocycles. The van der Waals surface area contributed by atoms with Gasteiger partial charge in [-0.15, -0.1) is 0 Å². The molecular weight excluding hydrogens is 374 g/mol. The van der Waals surface area contributed by atoms with Crippen LogP contribution in [0.1, 0.15) is 5.89 Å². The van der Waals surface area contributed by atoms with Crippen LogP contribution in [0.5, 0.6) is 5.75 Å². The Morgan fingerprint density at radius 1 is 1.17 bits per heavy atom. The smallest absolute Gasteiger partial charge is 0.236 e. The van der Waals surface area contributed by atoms with Gasteiger partial charge in [-0.1, -0.05) is 21.1 Å². The molecule has 0 unspecified atom stereocenters. The predicted molar refractivity (Wildman–Crippen MR) is 92.8 cm³/mol. The van der Waals surface area contributed by atoms with Crippen molar-refractivity contribution in [3.05, 3.63) is 58.9 Å². The summed E-state index contributed by atoms with van der Waals surface area (Å²) in [5.74, 6) is 1.22. The number of halogens is 1. The van der Waals surface area contributed by atoms with E-state index in [1.165, 1.54) is 0 Å². The molecule has 0 saturated carbocycles. The van der Waals surface area contributed by atoms with Crippen molar-refractivity contribution in [3.8, 4) is 17.1 Å². The van der Waals surface area contributed by atoms with Crippen molar-refractivity contribution < 1.29 is 14.1 Å². The van der Waals surface area contributed by atoms with Gasteiger partial charge in [0.05, 0.1) is 7.11 Å². The number of rotatable bonds is 5. The highest BCUT2D eigenvalue weighted by Crippen LogP contribution is 2.20. The highest BCUT2D eigenvalue weighted by atomic mass is 79.9. The fourth-order valence-corrected chi connectivity index (χ4v) is 2.32. The first-order chi connectivity index (χ1) is 11.6. The molecule has 0 saturated heterocycles. The Morgan fingerprint density at radius 2 is 1.88 bits per heavy atom. The molecular formula is C17H14BrN3O3. The van der Waals surface area contributed by atoms with E-state index in [-0.39, 0.29) is 18.2 Å². The van der Waals surface area contributed by atoms with Gasteiger partial charge in [-0.3, -0.25) is 4.79 Å². The summed E-state index contributed by atoms with van der Waals surface area (Å²) in [6.45, 7) is 0. The van der Waals surface area contributed by atoms with Crippen LogP contribution >= 0.6 is 15.9 Å². The number of nitrogens with zero attached hydrogens (tertiary/aromatic N) is 2. The molecule has 1 N–H and O–H groups in total. The third-order valence-corrected chi connectivity index (χ3v) is 3.78. The highest BCUT2D eigenvalue weighted by Gasteiger charge is 2.13. The van der Waals surface area contributed by atoms with Crippen LogP contribution in [0.2, 0.25) is 0 Å². The van der Waals surface area contributed by atoms with Crippen LogP contribution in [0.3, 0.4) is 0 Å². The summed E-state index contributed by atoms with van der Waals surface area (Å²) in [6.07, 6.45) is 0.0131. The minimum absolute atomic E-state index is 0.0131. The highest BCUT2D eigenvalue weighted by molar-refractivity contribution is 9.10. The van der Waals surface area contributed by atoms with Gasteiger partial charge >= 0.3 is 0 Å². The molecule has 3 rings (SSSR count). The number of nitrogens with one attached hydrogen (secondary N) is 1. The molecule has 24 heavy (non-hydrogen) atoms. The van der Waals surface area contributed by atoms with Gasteiger partial charge in [-0.2, -0.15) is 4.98 Å². The molecule has 0 aliphatic heterocycles. The Hall–Kier alpha value is -2.67. The average molecular weight is 388 g/mol. The fourth-order valence-electron chi connectivity index (χ4n) is 2.06. The van der Waals surface area contributed by atoms with Gasteiger partial charge in [-0.05, 0) is 48.5 Å². The minimum Gasteiger partial charge on any atom is -0.497 e. The first-order valence-electron chi connectivity index (χ1n) is 7.16. The second-order valence-corrected chi connectivity index (χ2v) is 5.89. The van der Waals surface area contributed by atoms with E-state index in [1.54, 1.807) is 19.2 Å². The number of carbonyl (C=O) groups is 1. The Morgan fingerprint density at radius 3 is 2.54 bits per heavy atom. The van der Waals surface area contributed by atoms with E-state index in [1.807, 2.05) is 36.4 Å². The minimum atomic E-state index is -0.220. The normalized spacial score (nSPS) is 10.4. The molecule has 0 radical (unpaired) electrons. The van der Waals surface area contributed by atoms with Crippen LogP contribution in [0.4, 0.5) is 5.69 Å². The molecule has 0 atom stereocenters. The first kappa shape index (κ1) is 16.2. The number of hydrogen-bond donors (Lipinski definition) is 1. The summed E-state index contributed by atoms with van der Waals surface area (Å²) in [6, 6.07) is 14.6. The van der Waals surface area contributed by atoms with Crippen LogP contribution in [-0.2, 0) is 11.2 Å². The number of methoxy groups -OCH3 is 1. The topological polar surface area (TPSA) is 77.2 Å². The van der Waals surface area contributed by atoms with E-state index in [4.69, 9.17) is 9.26 Å². The third-order valence-electron chi connectivity index (χ3n) is 3.26. The molecule has 0 spiro atoms. The molecule has 122 valence electrons. The number of amides is 1. The maximum atomic E-state index is 12.0. The van der Waals surface area contributed by atoms with Crippen LogP contribution in [-0.4, -0.2) is 23.2 Å². The van der Waals surface area contributed by atoms with E-state index >= 15 is 0 Å². The van der Waals surface area contributed by atoms with Gasteiger partial charge in [0.25, 0.3) is 0 Å². The van der Waals surface area contributed by atoms with E-state index < -0.39 is 0 Å². The summed E-state index contributed by atoms with van der Waals surface area (Å²) in [4.78, 5) is 16.3. The van der Waals surface area contributed by atoms with Crippen molar-refractivity contribution in [3.63, 3.8) is 0 Å². The van der Waals surface area contributed by atoms with Gasteiger partial charge in [0.2, 0.25) is 17.6 Å². The lowest BCUT2D eigenvalue weighted by Gasteiger charge is -2.02. The van der Waals surface area contributed by atoms with Crippen LogP contribution in [0, 0.1) is 0 Å². The summed E-state index contributed by atoms with van der Waals surface area (Å²) in [7, 11) is 1.60. The van der Waals surface area contributed by atoms with Gasteiger partial charge in [0.15, 0.2) is 0 Å². The van der Waals surface area contributed by atoms with Crippen molar-refractivity contribution in [2.24, 2.45) is 0 Å². The maximum absolute atomic E-state index is 12.0. The van der Waals surface area contributed by atoms with Crippen LogP contribution in [0.25, 0.3) is 11.4 Å². The molecule has 0 aliphatic rings. The Kier molecular flexibility index (Phi) is 4.90. The zero-order chi connectivity index (χ0) is 16.9. The third kappa shape index (κ3) is 3.99. The SMILES string of the molecule is COc1ccc(-c2noc(CC(=O)Nc3ccc(Br)cc3)n2)cc1. The van der Waals surface area contributed by atoms with Gasteiger partial charge in [0.1, 0.15) is 12.2 Å². The zero-order valence-electron chi connectivity index (χ0n) is 12.8. The Labute approximate surface area is 147 Å². The fraction of sp³-hybridized carbons (Fsp3) is 0.118. The lowest BCUT2D eigenvalue weighted by Crippen LogP contribution is -2.14. The van der Waals surface area contributed by atoms with Gasteiger partial charge in [-0.25, -0.2) is 0 Å². The zero-order valence-corrected chi connectivity index (χ0v) is 14.4. The summed E-state index contributed by atoms with van der Waals surface area (Å²) in [5, 5.41) is 6.68. The quantitative estimate of drug-likeness (QED) is 0.722. The number of benzene rings is 2. The number of ether oxygens (including phenoxy) is 1. The Balaban J connectivity index is 1.64. The largest absolute Gasteiger partial charge is 0.497 e. The predicted octanol–water partition coefficient (Wildman–Crippen LogP) is 3.69. The number of anilines is 1. The van der Waals surface area contributed by atoms with E-state index in [0.29, 0.717) is 11.5 Å². The van der Waals surface area contributed by atoms with Crippen molar-refractivity contribution >= 4 is 27.5 Å². The molecule has 0 bridgehead atoms. The Bertz CT molecular complexity index is 829. The number of hydrogen-bond acceptors (Lipinski definition) is 5. The molecule has 1 amide bonds. The lowest BCUT2D eigenvalue weighted by molar-refractivity contribution is -0.115. The second-order valence-electron chi connectivity index (χ2n) is 4.97. The lowest BCUT2D eigenvalue weighted by atomic mass is 10.2. The molecule has 1 heterocycles. The molecule has 6 nitrogen and oxygen atoms in total. The summed E-state index contributed by atoms with van der Waals surface area (Å²) in [5.41, 5.74) is 1.50. The first-order valence-corrected chi connectivity index (χ1v) is 7.96. The number of aromatic nitrogens is 2. The summed E-state index contributed by atoms with van der Waals surface area (Å²) < 4.78 is 11.2. The van der Waals surface area contributed by atoms with Crippen LogP contribution < -0.4 is 10.1 Å². The molecule has 7 heteroatoms. The van der Waals surface area contributed by atoms with Gasteiger partial charge < -0.3 is 14.6 Å². The molecule has 3 aromatic rings. The average Bonchev–Trinajstić information content (AvgIpc) is 3.05. The molecule has 0 fully saturated rings. The summed E-state index contributed by atoms with van der Waals surface area (Å²) >= 11 is 3.35. The van der Waals surface area contributed by atoms with Crippen molar-refractivity contribution in [1.29, 1.82) is 0 Å². The van der Waals surface area contributed by atoms with Gasteiger partial charge in [0, 0.05) is 15.7 Å². The van der Waals surface area contributed by atoms with Crippen molar-refractivity contribution in [1.82, 2.24) is 10.1 Å². The van der Waals surface area contributed by atoms with Crippen LogP contribution in [0.15, 0.2) is 57.5 Å². The van der Waals surface area contributed by atoms with Crippen molar-refractivity contribution in [2.75, 3.05) is 12.4 Å². The standard InChI is InChI=1S/C17H14BrN3O3/c1-23-14-8-2-11(3-9-14)17-20-16(24-21-17)10-15(22)19-13-6-4-12(18)5-7-13/h2-9H,10H2,1H3,(H,19,22).